The maximum absolute atomic E-state index is 12.7. The first-order chi connectivity index (χ1) is 14.4. The third-order valence-electron chi connectivity index (χ3n) is 4.38. The number of hydrogen-bond acceptors (Lipinski definition) is 5. The van der Waals surface area contributed by atoms with E-state index in [0.29, 0.717) is 34.4 Å². The number of rotatable bonds is 7. The van der Waals surface area contributed by atoms with Gasteiger partial charge in [0.1, 0.15) is 12.3 Å². The van der Waals surface area contributed by atoms with Crippen molar-refractivity contribution in [3.8, 4) is 5.75 Å². The molecule has 0 spiro atoms. The Balaban J connectivity index is 1.68. The lowest BCUT2D eigenvalue weighted by Crippen LogP contribution is -2.21. The highest BCUT2D eigenvalue weighted by molar-refractivity contribution is 6.31. The molecule has 1 heterocycles. The number of nitrogens with one attached hydrogen (secondary N) is 2. The first-order valence-electron chi connectivity index (χ1n) is 9.38. The summed E-state index contributed by atoms with van der Waals surface area (Å²) in [4.78, 5) is 25.0. The average Bonchev–Trinajstić information content (AvgIpc) is 3.07. The van der Waals surface area contributed by atoms with E-state index in [-0.39, 0.29) is 18.1 Å². The first-order valence-corrected chi connectivity index (χ1v) is 9.76. The normalized spacial score (nSPS) is 10.5. The zero-order chi connectivity index (χ0) is 21.7. The minimum absolute atomic E-state index is 0.0901. The smallest absolute Gasteiger partial charge is 0.278 e. The molecule has 156 valence electrons. The fourth-order valence-corrected chi connectivity index (χ4v) is 2.94. The maximum Gasteiger partial charge on any atom is 0.278 e. The molecular formula is C21H22ClN5O3. The number of aryl methyl sites for hydroxylation is 1. The summed E-state index contributed by atoms with van der Waals surface area (Å²) in [5.74, 6) is -0.178. The van der Waals surface area contributed by atoms with Gasteiger partial charge >= 0.3 is 0 Å². The van der Waals surface area contributed by atoms with Crippen LogP contribution in [0.25, 0.3) is 0 Å². The van der Waals surface area contributed by atoms with Crippen LogP contribution in [0.3, 0.4) is 0 Å². The van der Waals surface area contributed by atoms with Gasteiger partial charge < -0.3 is 15.4 Å². The molecule has 0 saturated carbocycles. The van der Waals surface area contributed by atoms with Gasteiger partial charge in [-0.1, -0.05) is 35.0 Å². The Kier molecular flexibility index (Phi) is 6.68. The van der Waals surface area contributed by atoms with Crippen molar-refractivity contribution >= 4 is 34.8 Å². The van der Waals surface area contributed by atoms with Gasteiger partial charge in [-0.25, -0.2) is 4.68 Å². The summed E-state index contributed by atoms with van der Waals surface area (Å²) in [6.07, 6.45) is 0. The van der Waals surface area contributed by atoms with Crippen molar-refractivity contribution in [1.29, 1.82) is 0 Å². The molecule has 0 aliphatic carbocycles. The Morgan fingerprint density at radius 1 is 1.13 bits per heavy atom. The van der Waals surface area contributed by atoms with E-state index < -0.39 is 5.91 Å². The number of hydrogen-bond donors (Lipinski definition) is 2. The fraction of sp³-hybridized carbons (Fsp3) is 0.238. The Hall–Kier alpha value is -3.39. The molecule has 0 aliphatic rings. The Morgan fingerprint density at radius 2 is 1.90 bits per heavy atom. The number of carbonyl (C=O) groups excluding carboxylic acids is 2. The third kappa shape index (κ3) is 4.96. The van der Waals surface area contributed by atoms with Gasteiger partial charge in [-0.05, 0) is 50.6 Å². The Bertz CT molecular complexity index is 1080. The van der Waals surface area contributed by atoms with Gasteiger partial charge in [0.05, 0.1) is 18.0 Å². The molecule has 3 aromatic rings. The van der Waals surface area contributed by atoms with Crippen LogP contribution in [0.15, 0.2) is 42.5 Å². The van der Waals surface area contributed by atoms with Crippen LogP contribution >= 0.6 is 11.6 Å². The summed E-state index contributed by atoms with van der Waals surface area (Å²) in [5, 5.41) is 14.0. The van der Waals surface area contributed by atoms with E-state index in [1.54, 1.807) is 37.3 Å². The van der Waals surface area contributed by atoms with Gasteiger partial charge in [-0.2, -0.15) is 0 Å². The van der Waals surface area contributed by atoms with Gasteiger partial charge in [0.2, 0.25) is 5.91 Å². The number of aromatic nitrogens is 3. The van der Waals surface area contributed by atoms with Crippen LogP contribution < -0.4 is 15.4 Å². The monoisotopic (exact) mass is 427 g/mol. The average molecular weight is 428 g/mol. The SMILES string of the molecule is CCOc1ccccc1NC(=O)c1nnn(CC(=O)Nc2ccc(C)c(Cl)c2)c1C. The number of nitrogens with zero attached hydrogens (tertiary/aromatic N) is 3. The molecule has 0 radical (unpaired) electrons. The number of anilines is 2. The molecule has 1 aromatic heterocycles. The number of ether oxygens (including phenoxy) is 1. The highest BCUT2D eigenvalue weighted by Gasteiger charge is 2.19. The Morgan fingerprint density at radius 3 is 2.63 bits per heavy atom. The topological polar surface area (TPSA) is 98.1 Å². The van der Waals surface area contributed by atoms with E-state index in [1.807, 2.05) is 26.0 Å². The summed E-state index contributed by atoms with van der Waals surface area (Å²) < 4.78 is 6.89. The summed E-state index contributed by atoms with van der Waals surface area (Å²) in [5.41, 5.74) is 2.64. The van der Waals surface area contributed by atoms with E-state index in [9.17, 15) is 9.59 Å². The van der Waals surface area contributed by atoms with Crippen molar-refractivity contribution in [2.45, 2.75) is 27.3 Å². The molecular weight excluding hydrogens is 406 g/mol. The molecule has 0 unspecified atom stereocenters. The van der Waals surface area contributed by atoms with E-state index in [0.717, 1.165) is 5.56 Å². The van der Waals surface area contributed by atoms with E-state index in [4.69, 9.17) is 16.3 Å². The molecule has 0 fully saturated rings. The molecule has 0 aliphatic heterocycles. The fourth-order valence-electron chi connectivity index (χ4n) is 2.76. The molecule has 9 heteroatoms. The lowest BCUT2D eigenvalue weighted by atomic mass is 10.2. The van der Waals surface area contributed by atoms with Crippen LogP contribution in [0.4, 0.5) is 11.4 Å². The van der Waals surface area contributed by atoms with Gasteiger partial charge in [-0.15, -0.1) is 5.10 Å². The molecule has 0 saturated heterocycles. The third-order valence-corrected chi connectivity index (χ3v) is 4.79. The lowest BCUT2D eigenvalue weighted by molar-refractivity contribution is -0.117. The number of benzene rings is 2. The van der Waals surface area contributed by atoms with Crippen LogP contribution in [-0.4, -0.2) is 33.4 Å². The first kappa shape index (κ1) is 21.3. The Labute approximate surface area is 179 Å². The number of amides is 2. The molecule has 0 atom stereocenters. The van der Waals surface area contributed by atoms with Crippen LogP contribution in [0.1, 0.15) is 28.7 Å². The molecule has 2 N–H and O–H groups in total. The molecule has 30 heavy (non-hydrogen) atoms. The van der Waals surface area contributed by atoms with Gasteiger partial charge in [0.15, 0.2) is 5.69 Å². The largest absolute Gasteiger partial charge is 0.492 e. The molecule has 8 nitrogen and oxygen atoms in total. The highest BCUT2D eigenvalue weighted by Crippen LogP contribution is 2.24. The number of halogens is 1. The van der Waals surface area contributed by atoms with Gasteiger partial charge in [0, 0.05) is 10.7 Å². The van der Waals surface area contributed by atoms with E-state index >= 15 is 0 Å². The zero-order valence-corrected chi connectivity index (χ0v) is 17.7. The zero-order valence-electron chi connectivity index (χ0n) is 16.9. The maximum atomic E-state index is 12.7. The van der Waals surface area contributed by atoms with Crippen molar-refractivity contribution in [3.05, 3.63) is 64.4 Å². The van der Waals surface area contributed by atoms with Crippen molar-refractivity contribution in [2.24, 2.45) is 0 Å². The predicted molar refractivity (Wildman–Crippen MR) is 115 cm³/mol. The standard InChI is InChI=1S/C21H22ClN5O3/c1-4-30-18-8-6-5-7-17(18)24-21(29)20-14(3)27(26-25-20)12-19(28)23-15-10-9-13(2)16(22)11-15/h5-11H,4,12H2,1-3H3,(H,23,28)(H,24,29). The van der Waals surface area contributed by atoms with Gasteiger partial charge in [-0.3, -0.25) is 9.59 Å². The van der Waals surface area contributed by atoms with Crippen LogP contribution in [0.2, 0.25) is 5.02 Å². The van der Waals surface area contributed by atoms with Crippen molar-refractivity contribution in [1.82, 2.24) is 15.0 Å². The van der Waals surface area contributed by atoms with Crippen molar-refractivity contribution in [2.75, 3.05) is 17.2 Å². The van der Waals surface area contributed by atoms with E-state index in [1.165, 1.54) is 4.68 Å². The molecule has 2 aromatic carbocycles. The number of para-hydroxylation sites is 2. The summed E-state index contributed by atoms with van der Waals surface area (Å²) in [6, 6.07) is 12.4. The number of carbonyl (C=O) groups is 2. The van der Waals surface area contributed by atoms with Crippen LogP contribution in [0.5, 0.6) is 5.75 Å². The summed E-state index contributed by atoms with van der Waals surface area (Å²) in [6.45, 7) is 5.81. The summed E-state index contributed by atoms with van der Waals surface area (Å²) >= 11 is 6.09. The predicted octanol–water partition coefficient (Wildman–Crippen LogP) is 3.84. The van der Waals surface area contributed by atoms with Crippen LogP contribution in [0, 0.1) is 13.8 Å². The lowest BCUT2D eigenvalue weighted by Gasteiger charge is -2.10. The second kappa shape index (κ2) is 9.41. The summed E-state index contributed by atoms with van der Waals surface area (Å²) in [7, 11) is 0. The second-order valence-electron chi connectivity index (χ2n) is 6.58. The molecule has 0 bridgehead atoms. The van der Waals surface area contributed by atoms with Gasteiger partial charge in [0.25, 0.3) is 5.91 Å². The molecule has 3 rings (SSSR count). The minimum atomic E-state index is -0.434. The minimum Gasteiger partial charge on any atom is -0.492 e. The van der Waals surface area contributed by atoms with Crippen molar-refractivity contribution < 1.29 is 14.3 Å². The highest BCUT2D eigenvalue weighted by atomic mass is 35.5. The van der Waals surface area contributed by atoms with E-state index in [2.05, 4.69) is 20.9 Å². The van der Waals surface area contributed by atoms with Crippen LogP contribution in [-0.2, 0) is 11.3 Å². The quantitative estimate of drug-likeness (QED) is 0.597. The second-order valence-corrected chi connectivity index (χ2v) is 6.98. The molecule has 2 amide bonds. The van der Waals surface area contributed by atoms with Crippen molar-refractivity contribution in [3.63, 3.8) is 0 Å².